The van der Waals surface area contributed by atoms with Crippen molar-refractivity contribution in [1.82, 2.24) is 30.0 Å². The van der Waals surface area contributed by atoms with Gasteiger partial charge in [-0.15, -0.1) is 10.2 Å². The summed E-state index contributed by atoms with van der Waals surface area (Å²) >= 11 is 12.0. The van der Waals surface area contributed by atoms with Gasteiger partial charge in [-0.2, -0.15) is 23.5 Å². The predicted octanol–water partition coefficient (Wildman–Crippen LogP) is 4.18. The van der Waals surface area contributed by atoms with Crippen LogP contribution < -0.4 is 0 Å². The average molecular weight is 387 g/mol. The Morgan fingerprint density at radius 1 is 1.17 bits per heavy atom. The van der Waals surface area contributed by atoms with Crippen LogP contribution in [-0.2, 0) is 5.38 Å². The topological polar surface area (TPSA) is 71.8 Å². The summed E-state index contributed by atoms with van der Waals surface area (Å²) in [7, 11) is 0. The molecule has 4 aromatic rings. The molecule has 1 aromatic carbocycles. The van der Waals surface area contributed by atoms with Crippen molar-refractivity contribution in [2.24, 2.45) is 0 Å². The van der Waals surface area contributed by atoms with Gasteiger partial charge in [0.2, 0.25) is 10.8 Å². The number of hydrogen-bond acceptors (Lipinski definition) is 5. The molecule has 24 heavy (non-hydrogen) atoms. The number of fused-ring (bicyclic) bond motifs is 1. The first-order chi connectivity index (χ1) is 11.4. The maximum atomic E-state index is 13.3. The standard InChI is InChI=1S/C13H6Cl2F2N6S/c14-7-3-1-6(2-4-7)9-8(5-18-19-9)10-22-23-11(13(15,16)17)20-21-12(23)24-10/h1-5H,(H,18,19). The lowest BCUT2D eigenvalue weighted by molar-refractivity contribution is 0.0821. The largest absolute Gasteiger partial charge is 0.383 e. The first-order valence-electron chi connectivity index (χ1n) is 6.52. The van der Waals surface area contributed by atoms with Crippen molar-refractivity contribution in [2.45, 2.75) is 5.38 Å². The number of halogens is 4. The highest BCUT2D eigenvalue weighted by Crippen LogP contribution is 2.36. The first-order valence-corrected chi connectivity index (χ1v) is 8.10. The molecule has 3 aromatic heterocycles. The summed E-state index contributed by atoms with van der Waals surface area (Å²) in [6.07, 6.45) is 1.56. The zero-order chi connectivity index (χ0) is 16.9. The molecule has 6 nitrogen and oxygen atoms in total. The lowest BCUT2D eigenvalue weighted by Crippen LogP contribution is -2.10. The van der Waals surface area contributed by atoms with Gasteiger partial charge in [0.05, 0.1) is 17.5 Å². The normalized spacial score (nSPS) is 12.2. The second kappa shape index (κ2) is 5.47. The van der Waals surface area contributed by atoms with Crippen LogP contribution in [-0.4, -0.2) is 30.0 Å². The molecule has 0 saturated heterocycles. The van der Waals surface area contributed by atoms with Gasteiger partial charge in [-0.3, -0.25) is 5.10 Å². The molecule has 0 unspecified atom stereocenters. The Hall–Kier alpha value is -2.10. The summed E-state index contributed by atoms with van der Waals surface area (Å²) in [5.41, 5.74) is 2.17. The van der Waals surface area contributed by atoms with Crippen molar-refractivity contribution < 1.29 is 8.78 Å². The van der Waals surface area contributed by atoms with Crippen LogP contribution in [0.1, 0.15) is 5.82 Å². The second-order valence-electron chi connectivity index (χ2n) is 4.79. The minimum atomic E-state index is -3.65. The number of aromatic nitrogens is 6. The molecule has 0 fully saturated rings. The minimum Gasteiger partial charge on any atom is -0.277 e. The first kappa shape index (κ1) is 15.4. The van der Waals surface area contributed by atoms with E-state index in [1.807, 2.05) is 12.1 Å². The van der Waals surface area contributed by atoms with E-state index in [1.54, 1.807) is 18.3 Å². The van der Waals surface area contributed by atoms with Crippen molar-refractivity contribution in [2.75, 3.05) is 0 Å². The summed E-state index contributed by atoms with van der Waals surface area (Å²) in [6.45, 7) is 0. The van der Waals surface area contributed by atoms with Crippen LogP contribution in [0.4, 0.5) is 8.78 Å². The summed E-state index contributed by atoms with van der Waals surface area (Å²) in [4.78, 5) is 0.212. The molecule has 3 heterocycles. The molecule has 0 spiro atoms. The number of rotatable bonds is 3. The third-order valence-electron chi connectivity index (χ3n) is 3.25. The molecule has 0 bridgehead atoms. The minimum absolute atomic E-state index is 0.212. The van der Waals surface area contributed by atoms with Gasteiger partial charge >= 0.3 is 5.38 Å². The number of nitrogens with zero attached hydrogens (tertiary/aromatic N) is 5. The number of hydrogen-bond donors (Lipinski definition) is 1. The summed E-state index contributed by atoms with van der Waals surface area (Å²) in [5.74, 6) is -0.724. The van der Waals surface area contributed by atoms with E-state index in [2.05, 4.69) is 25.5 Å². The number of aromatic amines is 1. The van der Waals surface area contributed by atoms with Crippen LogP contribution in [0, 0.1) is 0 Å². The molecule has 4 rings (SSSR count). The Balaban J connectivity index is 1.83. The zero-order valence-electron chi connectivity index (χ0n) is 11.5. The fourth-order valence-electron chi connectivity index (χ4n) is 2.19. The number of benzene rings is 1. The van der Waals surface area contributed by atoms with E-state index in [0.29, 0.717) is 21.3 Å². The quantitative estimate of drug-likeness (QED) is 0.536. The number of nitrogens with one attached hydrogen (secondary N) is 1. The van der Waals surface area contributed by atoms with Gasteiger partial charge in [-0.1, -0.05) is 35.1 Å². The molecular formula is C13H6Cl2F2N6S. The molecule has 0 aliphatic heterocycles. The van der Waals surface area contributed by atoms with Gasteiger partial charge in [0.25, 0.3) is 0 Å². The van der Waals surface area contributed by atoms with Crippen molar-refractivity contribution in [1.29, 1.82) is 0 Å². The Bertz CT molecular complexity index is 1020. The third-order valence-corrected chi connectivity index (χ3v) is 4.60. The van der Waals surface area contributed by atoms with Crippen LogP contribution in [0.2, 0.25) is 5.02 Å². The van der Waals surface area contributed by atoms with Crippen molar-refractivity contribution in [3.05, 3.63) is 41.3 Å². The Labute approximate surface area is 147 Å². The van der Waals surface area contributed by atoms with E-state index in [-0.39, 0.29) is 4.96 Å². The van der Waals surface area contributed by atoms with Crippen LogP contribution in [0.3, 0.4) is 0 Å². The summed E-state index contributed by atoms with van der Waals surface area (Å²) < 4.78 is 27.6. The predicted molar refractivity (Wildman–Crippen MR) is 86.4 cm³/mol. The van der Waals surface area contributed by atoms with Crippen LogP contribution >= 0.6 is 34.5 Å². The SMILES string of the molecule is FC(F)(Cl)c1nnc2sc(-c3cn[nH]c3-c3ccc(Cl)cc3)nn12. The lowest BCUT2D eigenvalue weighted by atomic mass is 10.1. The van der Waals surface area contributed by atoms with Gasteiger partial charge in [0.1, 0.15) is 0 Å². The summed E-state index contributed by atoms with van der Waals surface area (Å²) in [5, 5.41) is 15.5. The molecule has 0 atom stereocenters. The Kier molecular flexibility index (Phi) is 3.52. The van der Waals surface area contributed by atoms with E-state index in [0.717, 1.165) is 21.4 Å². The fraction of sp³-hybridized carbons (Fsp3) is 0.0769. The number of alkyl halides is 3. The van der Waals surface area contributed by atoms with E-state index in [4.69, 9.17) is 23.2 Å². The molecule has 0 aliphatic rings. The zero-order valence-corrected chi connectivity index (χ0v) is 13.9. The van der Waals surface area contributed by atoms with Gasteiger partial charge in [0, 0.05) is 10.6 Å². The van der Waals surface area contributed by atoms with Crippen molar-refractivity contribution in [3.63, 3.8) is 0 Å². The molecule has 0 amide bonds. The average Bonchev–Trinajstić information content (AvgIpc) is 3.20. The number of H-pyrrole nitrogens is 1. The Morgan fingerprint density at radius 3 is 2.62 bits per heavy atom. The molecule has 0 radical (unpaired) electrons. The van der Waals surface area contributed by atoms with Gasteiger partial charge in [0.15, 0.2) is 5.01 Å². The highest BCUT2D eigenvalue weighted by molar-refractivity contribution is 7.19. The molecule has 0 saturated carbocycles. The van der Waals surface area contributed by atoms with E-state index >= 15 is 0 Å². The van der Waals surface area contributed by atoms with Crippen LogP contribution in [0.5, 0.6) is 0 Å². The highest BCUT2D eigenvalue weighted by atomic mass is 35.5. The lowest BCUT2D eigenvalue weighted by Gasteiger charge is -2.02. The molecular weight excluding hydrogens is 381 g/mol. The summed E-state index contributed by atoms with van der Waals surface area (Å²) in [6, 6.07) is 7.12. The van der Waals surface area contributed by atoms with Crippen LogP contribution in [0.15, 0.2) is 30.5 Å². The second-order valence-corrected chi connectivity index (χ2v) is 6.66. The highest BCUT2D eigenvalue weighted by Gasteiger charge is 2.36. The van der Waals surface area contributed by atoms with Crippen molar-refractivity contribution in [3.8, 4) is 21.8 Å². The maximum Gasteiger partial charge on any atom is 0.383 e. The molecule has 11 heteroatoms. The van der Waals surface area contributed by atoms with E-state index in [9.17, 15) is 8.78 Å². The smallest absolute Gasteiger partial charge is 0.277 e. The molecule has 122 valence electrons. The fourth-order valence-corrected chi connectivity index (χ4v) is 3.29. The van der Waals surface area contributed by atoms with E-state index in [1.165, 1.54) is 0 Å². The molecule has 0 aliphatic carbocycles. The van der Waals surface area contributed by atoms with Gasteiger partial charge in [-0.05, 0) is 23.7 Å². The molecule has 1 N–H and O–H groups in total. The maximum absolute atomic E-state index is 13.3. The monoisotopic (exact) mass is 386 g/mol. The van der Waals surface area contributed by atoms with E-state index < -0.39 is 11.2 Å². The van der Waals surface area contributed by atoms with Gasteiger partial charge in [-0.25, -0.2) is 0 Å². The van der Waals surface area contributed by atoms with Crippen LogP contribution in [0.25, 0.3) is 26.8 Å². The Morgan fingerprint density at radius 2 is 1.92 bits per heavy atom. The van der Waals surface area contributed by atoms with Gasteiger partial charge < -0.3 is 0 Å². The van der Waals surface area contributed by atoms with Crippen molar-refractivity contribution >= 4 is 39.5 Å². The third kappa shape index (κ3) is 2.54.